The van der Waals surface area contributed by atoms with Gasteiger partial charge in [-0.25, -0.2) is 4.39 Å². The van der Waals surface area contributed by atoms with E-state index in [4.69, 9.17) is 0 Å². The van der Waals surface area contributed by atoms with Crippen molar-refractivity contribution in [2.24, 2.45) is 0 Å². The fraction of sp³-hybridized carbons (Fsp3) is 0.0870. The summed E-state index contributed by atoms with van der Waals surface area (Å²) < 4.78 is 14.1. The molecular weight excluding hydrogens is 383 g/mol. The molecule has 0 unspecified atom stereocenters. The standard InChI is InChI=1S/C23H19FN4O2/c24-19-7-3-1-6-18(19)22(29)28-21(23(30)27-16-9-11-25-12-10-16)13-15-14-26-20-8-4-2-5-17(15)20/h1-12,14,21,26H,13H2,(H,28,29)(H,25,27,30)/t21-/m0/s1. The Kier molecular flexibility index (Phi) is 5.52. The predicted molar refractivity (Wildman–Crippen MR) is 113 cm³/mol. The van der Waals surface area contributed by atoms with Gasteiger partial charge in [-0.2, -0.15) is 0 Å². The summed E-state index contributed by atoms with van der Waals surface area (Å²) in [6.45, 7) is 0. The van der Waals surface area contributed by atoms with Crippen LogP contribution in [0.15, 0.2) is 79.3 Å². The number of rotatable bonds is 6. The van der Waals surface area contributed by atoms with E-state index in [0.29, 0.717) is 5.69 Å². The summed E-state index contributed by atoms with van der Waals surface area (Å²) in [6, 6.07) is 15.8. The van der Waals surface area contributed by atoms with Crippen molar-refractivity contribution in [3.63, 3.8) is 0 Å². The zero-order valence-electron chi connectivity index (χ0n) is 15.9. The van der Waals surface area contributed by atoms with Gasteiger partial charge in [-0.05, 0) is 35.9 Å². The summed E-state index contributed by atoms with van der Waals surface area (Å²) in [7, 11) is 0. The molecule has 3 N–H and O–H groups in total. The van der Waals surface area contributed by atoms with Crippen molar-refractivity contribution < 1.29 is 14.0 Å². The van der Waals surface area contributed by atoms with Crippen LogP contribution < -0.4 is 10.6 Å². The van der Waals surface area contributed by atoms with Gasteiger partial charge in [-0.1, -0.05) is 30.3 Å². The van der Waals surface area contributed by atoms with E-state index in [0.717, 1.165) is 16.5 Å². The summed E-state index contributed by atoms with van der Waals surface area (Å²) in [5.41, 5.74) is 2.24. The minimum Gasteiger partial charge on any atom is -0.361 e. The first kappa shape index (κ1) is 19.3. The number of benzene rings is 2. The SMILES string of the molecule is O=C(N[C@@H](Cc1c[nH]c2ccccc12)C(=O)Nc1ccncc1)c1ccccc1F. The number of H-pyrrole nitrogens is 1. The quantitative estimate of drug-likeness (QED) is 0.460. The van der Waals surface area contributed by atoms with Gasteiger partial charge in [0.05, 0.1) is 5.56 Å². The van der Waals surface area contributed by atoms with Gasteiger partial charge >= 0.3 is 0 Å². The lowest BCUT2D eigenvalue weighted by molar-refractivity contribution is -0.118. The van der Waals surface area contributed by atoms with Gasteiger partial charge in [0.15, 0.2) is 0 Å². The van der Waals surface area contributed by atoms with Crippen molar-refractivity contribution in [1.29, 1.82) is 0 Å². The number of hydrogen-bond acceptors (Lipinski definition) is 3. The van der Waals surface area contributed by atoms with Crippen LogP contribution in [0.2, 0.25) is 0 Å². The number of hydrogen-bond donors (Lipinski definition) is 3. The number of para-hydroxylation sites is 1. The highest BCUT2D eigenvalue weighted by atomic mass is 19.1. The highest BCUT2D eigenvalue weighted by Gasteiger charge is 2.24. The highest BCUT2D eigenvalue weighted by Crippen LogP contribution is 2.20. The molecule has 1 atom stereocenters. The molecule has 0 saturated heterocycles. The van der Waals surface area contributed by atoms with Gasteiger partial charge in [0.2, 0.25) is 5.91 Å². The van der Waals surface area contributed by atoms with Gasteiger partial charge in [0.1, 0.15) is 11.9 Å². The minimum atomic E-state index is -0.913. The number of carbonyl (C=O) groups is 2. The number of fused-ring (bicyclic) bond motifs is 1. The Balaban J connectivity index is 1.61. The Bertz CT molecular complexity index is 1190. The number of amides is 2. The lowest BCUT2D eigenvalue weighted by Crippen LogP contribution is -2.45. The van der Waals surface area contributed by atoms with E-state index in [2.05, 4.69) is 20.6 Å². The molecule has 0 aliphatic heterocycles. The molecule has 0 radical (unpaired) electrons. The molecular formula is C23H19FN4O2. The van der Waals surface area contributed by atoms with E-state index in [1.165, 1.54) is 18.2 Å². The van der Waals surface area contributed by atoms with E-state index >= 15 is 0 Å². The third-order valence-electron chi connectivity index (χ3n) is 4.79. The molecule has 0 fully saturated rings. The molecule has 2 aromatic carbocycles. The number of aromatic nitrogens is 2. The smallest absolute Gasteiger partial charge is 0.254 e. The molecule has 7 heteroatoms. The van der Waals surface area contributed by atoms with E-state index in [1.54, 1.807) is 30.6 Å². The minimum absolute atomic E-state index is 0.113. The maximum absolute atomic E-state index is 14.1. The molecule has 0 spiro atoms. The first-order valence-electron chi connectivity index (χ1n) is 9.43. The van der Waals surface area contributed by atoms with Crippen LogP contribution in [0, 0.1) is 5.82 Å². The van der Waals surface area contributed by atoms with Crippen molar-refractivity contribution >= 4 is 28.4 Å². The maximum atomic E-state index is 14.1. The Morgan fingerprint density at radius 3 is 2.53 bits per heavy atom. The van der Waals surface area contributed by atoms with Gasteiger partial charge in [-0.15, -0.1) is 0 Å². The van der Waals surface area contributed by atoms with Crippen LogP contribution in [0.1, 0.15) is 15.9 Å². The first-order chi connectivity index (χ1) is 14.6. The molecule has 0 bridgehead atoms. The largest absolute Gasteiger partial charge is 0.361 e. The molecule has 2 aromatic heterocycles. The Hall–Kier alpha value is -4.00. The molecule has 6 nitrogen and oxygen atoms in total. The van der Waals surface area contributed by atoms with E-state index in [-0.39, 0.29) is 12.0 Å². The van der Waals surface area contributed by atoms with Crippen LogP contribution in [0.25, 0.3) is 10.9 Å². The van der Waals surface area contributed by atoms with Crippen molar-refractivity contribution in [2.45, 2.75) is 12.5 Å². The summed E-state index contributed by atoms with van der Waals surface area (Å²) in [5.74, 6) is -1.70. The van der Waals surface area contributed by atoms with Crippen LogP contribution in [-0.4, -0.2) is 27.8 Å². The number of halogens is 1. The normalized spacial score (nSPS) is 11.8. The molecule has 0 aliphatic carbocycles. The number of pyridine rings is 1. The Morgan fingerprint density at radius 1 is 1.00 bits per heavy atom. The van der Waals surface area contributed by atoms with Crippen LogP contribution in [0.5, 0.6) is 0 Å². The van der Waals surface area contributed by atoms with Crippen LogP contribution in [0.4, 0.5) is 10.1 Å². The molecule has 2 heterocycles. The third kappa shape index (κ3) is 4.20. The second-order valence-corrected chi connectivity index (χ2v) is 6.79. The summed E-state index contributed by atoms with van der Waals surface area (Å²) >= 11 is 0. The van der Waals surface area contributed by atoms with Crippen molar-refractivity contribution in [3.05, 3.63) is 96.2 Å². The molecule has 0 saturated carbocycles. The lowest BCUT2D eigenvalue weighted by atomic mass is 10.0. The number of aromatic amines is 1. The third-order valence-corrected chi connectivity index (χ3v) is 4.79. The summed E-state index contributed by atoms with van der Waals surface area (Å²) in [4.78, 5) is 32.7. The summed E-state index contributed by atoms with van der Waals surface area (Å²) in [5, 5.41) is 6.41. The second-order valence-electron chi connectivity index (χ2n) is 6.79. The first-order valence-corrected chi connectivity index (χ1v) is 9.43. The monoisotopic (exact) mass is 402 g/mol. The van der Waals surface area contributed by atoms with E-state index < -0.39 is 23.7 Å². The molecule has 4 rings (SSSR count). The Morgan fingerprint density at radius 2 is 1.73 bits per heavy atom. The maximum Gasteiger partial charge on any atom is 0.254 e. The number of carbonyl (C=O) groups excluding carboxylic acids is 2. The fourth-order valence-corrected chi connectivity index (χ4v) is 3.28. The topological polar surface area (TPSA) is 86.9 Å². The Labute approximate surface area is 172 Å². The molecule has 4 aromatic rings. The molecule has 30 heavy (non-hydrogen) atoms. The number of anilines is 1. The summed E-state index contributed by atoms with van der Waals surface area (Å²) in [6.07, 6.45) is 5.16. The van der Waals surface area contributed by atoms with Crippen molar-refractivity contribution in [3.8, 4) is 0 Å². The second kappa shape index (κ2) is 8.57. The van der Waals surface area contributed by atoms with Crippen LogP contribution in [0.3, 0.4) is 0 Å². The molecule has 0 aliphatic rings. The van der Waals surface area contributed by atoms with Crippen LogP contribution >= 0.6 is 0 Å². The van der Waals surface area contributed by atoms with Crippen LogP contribution in [-0.2, 0) is 11.2 Å². The lowest BCUT2D eigenvalue weighted by Gasteiger charge is -2.19. The predicted octanol–water partition coefficient (Wildman–Crippen LogP) is 3.68. The van der Waals surface area contributed by atoms with E-state index in [1.807, 2.05) is 30.5 Å². The highest BCUT2D eigenvalue weighted by molar-refractivity contribution is 6.01. The number of nitrogens with zero attached hydrogens (tertiary/aromatic N) is 1. The fourth-order valence-electron chi connectivity index (χ4n) is 3.28. The van der Waals surface area contributed by atoms with Crippen molar-refractivity contribution in [1.82, 2.24) is 15.3 Å². The zero-order chi connectivity index (χ0) is 20.9. The molecule has 150 valence electrons. The average molecular weight is 402 g/mol. The van der Waals surface area contributed by atoms with Gasteiger partial charge in [0.25, 0.3) is 5.91 Å². The van der Waals surface area contributed by atoms with E-state index in [9.17, 15) is 14.0 Å². The van der Waals surface area contributed by atoms with Gasteiger partial charge < -0.3 is 15.6 Å². The number of nitrogens with one attached hydrogen (secondary N) is 3. The van der Waals surface area contributed by atoms with Crippen molar-refractivity contribution in [2.75, 3.05) is 5.32 Å². The average Bonchev–Trinajstić information content (AvgIpc) is 3.17. The zero-order valence-corrected chi connectivity index (χ0v) is 15.9. The van der Waals surface area contributed by atoms with Gasteiger partial charge in [-0.3, -0.25) is 14.6 Å². The molecule has 2 amide bonds. The van der Waals surface area contributed by atoms with Gasteiger partial charge in [0, 0.05) is 41.6 Å².